The summed E-state index contributed by atoms with van der Waals surface area (Å²) in [4.78, 5) is 16.7. The van der Waals surface area contributed by atoms with E-state index >= 15 is 0 Å². The van der Waals surface area contributed by atoms with E-state index in [9.17, 15) is 9.18 Å². The molecule has 4 atom stereocenters. The molecule has 0 N–H and O–H groups in total. The molecule has 0 bridgehead atoms. The van der Waals surface area contributed by atoms with Crippen molar-refractivity contribution in [3.05, 3.63) is 34.6 Å². The number of carbonyl (C=O) groups excluding carboxylic acids is 1. The van der Waals surface area contributed by atoms with Gasteiger partial charge in [-0.2, -0.15) is 0 Å². The third kappa shape index (κ3) is 3.24. The fourth-order valence-corrected chi connectivity index (χ4v) is 4.51. The highest BCUT2D eigenvalue weighted by Gasteiger charge is 2.44. The Morgan fingerprint density at radius 3 is 2.22 bits per heavy atom. The van der Waals surface area contributed by atoms with Gasteiger partial charge in [0.25, 0.3) is 5.91 Å². The Labute approximate surface area is 142 Å². The number of nitrogens with zero attached hydrogens (tertiary/aromatic N) is 2. The normalized spacial score (nSPS) is 29.8. The molecule has 0 saturated heterocycles. The summed E-state index contributed by atoms with van der Waals surface area (Å²) in [6.07, 6.45) is 4.53. The lowest BCUT2D eigenvalue weighted by atomic mass is 10.0. The topological polar surface area (TPSA) is 23.6 Å². The first-order chi connectivity index (χ1) is 10.9. The average Bonchev–Trinajstić information content (AvgIpc) is 3.06. The van der Waals surface area contributed by atoms with E-state index in [1.54, 1.807) is 4.90 Å². The van der Waals surface area contributed by atoms with E-state index in [4.69, 9.17) is 11.6 Å². The number of carbonyl (C=O) groups is 1. The van der Waals surface area contributed by atoms with Crippen LogP contribution in [0.1, 0.15) is 36.0 Å². The highest BCUT2D eigenvalue weighted by atomic mass is 35.5. The Hall–Kier alpha value is -1.13. The number of benzene rings is 1. The van der Waals surface area contributed by atoms with Crippen molar-refractivity contribution in [1.29, 1.82) is 0 Å². The van der Waals surface area contributed by atoms with Gasteiger partial charge in [0, 0.05) is 19.1 Å². The van der Waals surface area contributed by atoms with Crippen molar-refractivity contribution in [2.24, 2.45) is 11.8 Å². The molecule has 2 unspecified atom stereocenters. The third-order valence-electron chi connectivity index (χ3n) is 5.72. The number of hydrogen-bond acceptors (Lipinski definition) is 2. The molecule has 2 saturated carbocycles. The van der Waals surface area contributed by atoms with E-state index < -0.39 is 5.82 Å². The van der Waals surface area contributed by atoms with Crippen LogP contribution in [0.25, 0.3) is 0 Å². The van der Waals surface area contributed by atoms with Gasteiger partial charge in [-0.15, -0.1) is 0 Å². The molecule has 2 fully saturated rings. The van der Waals surface area contributed by atoms with Crippen molar-refractivity contribution in [3.63, 3.8) is 0 Å². The minimum Gasteiger partial charge on any atom is -0.339 e. The Balaban J connectivity index is 1.67. The summed E-state index contributed by atoms with van der Waals surface area (Å²) in [5.74, 6) is 0.795. The van der Waals surface area contributed by atoms with Crippen molar-refractivity contribution in [1.82, 2.24) is 9.80 Å². The van der Waals surface area contributed by atoms with Gasteiger partial charge in [0.1, 0.15) is 5.82 Å². The highest BCUT2D eigenvalue weighted by Crippen LogP contribution is 2.46. The average molecular weight is 339 g/mol. The van der Waals surface area contributed by atoms with Crippen molar-refractivity contribution < 1.29 is 9.18 Å². The van der Waals surface area contributed by atoms with Gasteiger partial charge in [0.2, 0.25) is 0 Å². The molecule has 1 amide bonds. The van der Waals surface area contributed by atoms with E-state index in [1.807, 2.05) is 7.05 Å². The molecule has 2 aliphatic rings. The van der Waals surface area contributed by atoms with Crippen LogP contribution in [0.5, 0.6) is 0 Å². The second-order valence-electron chi connectivity index (χ2n) is 7.27. The first-order valence-corrected chi connectivity index (χ1v) is 8.63. The summed E-state index contributed by atoms with van der Waals surface area (Å²) in [7, 11) is 6.11. The van der Waals surface area contributed by atoms with E-state index in [0.29, 0.717) is 22.9 Å². The van der Waals surface area contributed by atoms with Crippen LogP contribution >= 0.6 is 11.6 Å². The number of hydrogen-bond donors (Lipinski definition) is 0. The maximum atomic E-state index is 13.4. The van der Waals surface area contributed by atoms with Crippen LogP contribution in [0.4, 0.5) is 4.39 Å². The molecule has 23 heavy (non-hydrogen) atoms. The third-order valence-corrected chi connectivity index (χ3v) is 6.05. The summed E-state index contributed by atoms with van der Waals surface area (Å²) in [5, 5.41) is 0.314. The predicted molar refractivity (Wildman–Crippen MR) is 90.2 cm³/mol. The van der Waals surface area contributed by atoms with Crippen LogP contribution < -0.4 is 0 Å². The Bertz CT molecular complexity index is 593. The van der Waals surface area contributed by atoms with Crippen LogP contribution in [0, 0.1) is 17.7 Å². The maximum absolute atomic E-state index is 13.4. The van der Waals surface area contributed by atoms with Crippen LogP contribution in [-0.2, 0) is 0 Å². The minimum absolute atomic E-state index is 0.177. The molecule has 1 aromatic rings. The van der Waals surface area contributed by atoms with Crippen LogP contribution in [0.2, 0.25) is 5.02 Å². The summed E-state index contributed by atoms with van der Waals surface area (Å²) in [5.41, 5.74) is 0.261. The van der Waals surface area contributed by atoms with Crippen LogP contribution in [0.3, 0.4) is 0 Å². The largest absolute Gasteiger partial charge is 0.339 e. The summed E-state index contributed by atoms with van der Waals surface area (Å²) >= 11 is 6.07. The van der Waals surface area contributed by atoms with Crippen LogP contribution in [0.15, 0.2) is 18.2 Å². The van der Waals surface area contributed by atoms with E-state index in [2.05, 4.69) is 19.0 Å². The molecule has 1 aromatic carbocycles. The molecular formula is C18H24ClFN2O. The molecular weight excluding hydrogens is 315 g/mol. The van der Waals surface area contributed by atoms with E-state index in [0.717, 1.165) is 12.8 Å². The SMILES string of the molecule is CN(C)C1C[C@@H]2CC(N(C)C(=O)c3cc(F)ccc3Cl)C[C@@H]2C1. The number of rotatable bonds is 3. The van der Waals surface area contributed by atoms with Gasteiger partial charge < -0.3 is 9.80 Å². The minimum atomic E-state index is -0.428. The molecule has 0 heterocycles. The fraction of sp³-hybridized carbons (Fsp3) is 0.611. The van der Waals surface area contributed by atoms with Crippen molar-refractivity contribution >= 4 is 17.5 Å². The number of fused-ring (bicyclic) bond motifs is 1. The van der Waals surface area contributed by atoms with Gasteiger partial charge in [-0.05, 0) is 69.8 Å². The molecule has 0 aliphatic heterocycles. The Morgan fingerprint density at radius 2 is 1.65 bits per heavy atom. The lowest BCUT2D eigenvalue weighted by Gasteiger charge is -2.27. The maximum Gasteiger partial charge on any atom is 0.255 e. The zero-order chi connectivity index (χ0) is 16.7. The zero-order valence-electron chi connectivity index (χ0n) is 13.9. The molecule has 5 heteroatoms. The van der Waals surface area contributed by atoms with E-state index in [-0.39, 0.29) is 17.5 Å². The highest BCUT2D eigenvalue weighted by molar-refractivity contribution is 6.33. The number of amides is 1. The second kappa shape index (κ2) is 6.40. The lowest BCUT2D eigenvalue weighted by Crippen LogP contribution is -2.36. The Kier molecular flexibility index (Phi) is 4.65. The smallest absolute Gasteiger partial charge is 0.255 e. The van der Waals surface area contributed by atoms with Crippen molar-refractivity contribution in [2.45, 2.75) is 37.8 Å². The molecule has 0 aromatic heterocycles. The summed E-state index contributed by atoms with van der Waals surface area (Å²) in [6, 6.07) is 4.87. The van der Waals surface area contributed by atoms with Gasteiger partial charge in [0.05, 0.1) is 10.6 Å². The fourth-order valence-electron chi connectivity index (χ4n) is 4.31. The van der Waals surface area contributed by atoms with Gasteiger partial charge >= 0.3 is 0 Å². The predicted octanol–water partition coefficient (Wildman–Crippen LogP) is 3.67. The van der Waals surface area contributed by atoms with Gasteiger partial charge in [-0.3, -0.25) is 4.79 Å². The first kappa shape index (κ1) is 16.7. The monoisotopic (exact) mass is 338 g/mol. The van der Waals surface area contributed by atoms with Crippen molar-refractivity contribution in [3.8, 4) is 0 Å². The van der Waals surface area contributed by atoms with Crippen molar-refractivity contribution in [2.75, 3.05) is 21.1 Å². The molecule has 0 radical (unpaired) electrons. The first-order valence-electron chi connectivity index (χ1n) is 8.25. The molecule has 126 valence electrons. The Morgan fingerprint density at radius 1 is 1.09 bits per heavy atom. The lowest BCUT2D eigenvalue weighted by molar-refractivity contribution is 0.0726. The van der Waals surface area contributed by atoms with Gasteiger partial charge in [0.15, 0.2) is 0 Å². The molecule has 0 spiro atoms. The molecule has 3 rings (SSSR count). The van der Waals surface area contributed by atoms with Crippen LogP contribution in [-0.4, -0.2) is 48.9 Å². The van der Waals surface area contributed by atoms with E-state index in [1.165, 1.54) is 31.0 Å². The second-order valence-corrected chi connectivity index (χ2v) is 7.68. The standard InChI is InChI=1S/C18H24ClFN2O/c1-21(2)14-6-11-8-15(9-12(11)7-14)22(3)18(23)16-10-13(20)4-5-17(16)19/h4-5,10-12,14-15H,6-9H2,1-3H3/t11-,12+,14?,15?. The summed E-state index contributed by atoms with van der Waals surface area (Å²) < 4.78 is 13.4. The van der Waals surface area contributed by atoms with Gasteiger partial charge in [-0.1, -0.05) is 11.6 Å². The zero-order valence-corrected chi connectivity index (χ0v) is 14.7. The molecule has 3 nitrogen and oxygen atoms in total. The molecule has 2 aliphatic carbocycles. The summed E-state index contributed by atoms with van der Waals surface area (Å²) in [6.45, 7) is 0. The quantitative estimate of drug-likeness (QED) is 0.839. The number of halogens is 2. The van der Waals surface area contributed by atoms with Gasteiger partial charge in [-0.25, -0.2) is 4.39 Å².